The molecule has 1 aromatic carbocycles. The molecule has 2 heterocycles. The number of rotatable bonds is 3. The van der Waals surface area contributed by atoms with Crippen molar-refractivity contribution in [2.45, 2.75) is 0 Å². The molecule has 0 saturated heterocycles. The Kier molecular flexibility index (Phi) is 2.77. The molecule has 0 saturated carbocycles. The van der Waals surface area contributed by atoms with Gasteiger partial charge in [-0.15, -0.1) is 10.2 Å². The summed E-state index contributed by atoms with van der Waals surface area (Å²) in [5.41, 5.74) is 1.02. The van der Waals surface area contributed by atoms with Gasteiger partial charge >= 0.3 is 0 Å². The topological polar surface area (TPSA) is 52.3 Å². The molecule has 0 aliphatic rings. The number of hydrogen-bond acceptors (Lipinski definition) is 5. The van der Waals surface area contributed by atoms with Crippen LogP contribution >= 0.6 is 11.3 Å². The highest BCUT2D eigenvalue weighted by molar-refractivity contribution is 7.17. The molecule has 0 aliphatic heterocycles. The fourth-order valence-electron chi connectivity index (χ4n) is 1.61. The van der Waals surface area contributed by atoms with Gasteiger partial charge in [-0.05, 0) is 18.2 Å². The van der Waals surface area contributed by atoms with Crippen molar-refractivity contribution in [1.82, 2.24) is 19.8 Å². The van der Waals surface area contributed by atoms with Crippen molar-refractivity contribution in [2.24, 2.45) is 0 Å². The molecule has 6 heteroatoms. The van der Waals surface area contributed by atoms with Crippen LogP contribution in [0.1, 0.15) is 10.6 Å². The molecule has 2 aromatic heterocycles. The van der Waals surface area contributed by atoms with Gasteiger partial charge in [0.05, 0.1) is 7.11 Å². The number of ether oxygens (including phenoxy) is 1. The third-order valence-electron chi connectivity index (χ3n) is 2.45. The minimum absolute atomic E-state index is 0.787. The Bertz CT molecular complexity index is 672. The van der Waals surface area contributed by atoms with E-state index in [-0.39, 0.29) is 0 Å². The van der Waals surface area contributed by atoms with Crippen molar-refractivity contribution in [3.05, 3.63) is 41.2 Å². The van der Waals surface area contributed by atoms with Gasteiger partial charge in [0.15, 0.2) is 0 Å². The largest absolute Gasteiger partial charge is 0.496 e. The van der Waals surface area contributed by atoms with Gasteiger partial charge in [0, 0.05) is 5.56 Å². The summed E-state index contributed by atoms with van der Waals surface area (Å²) in [6, 6.07) is 7.84. The molecular weight excluding hydrogens is 248 g/mol. The Morgan fingerprint density at radius 3 is 3.00 bits per heavy atom. The van der Waals surface area contributed by atoms with Gasteiger partial charge in [0.25, 0.3) is 0 Å². The molecule has 0 amide bonds. The standard InChI is InChI=1S/C12H10N4OS/c1-17-10-5-3-2-4-9(10)6-7-11-15-16-8-13-14-12(16)18-11/h2-8H,1H3/b7-6-. The predicted molar refractivity (Wildman–Crippen MR) is 70.6 cm³/mol. The third-order valence-corrected chi connectivity index (χ3v) is 3.32. The van der Waals surface area contributed by atoms with E-state index in [0.29, 0.717) is 0 Å². The van der Waals surface area contributed by atoms with Crippen molar-refractivity contribution < 1.29 is 4.74 Å². The second-order valence-electron chi connectivity index (χ2n) is 3.57. The number of benzene rings is 1. The van der Waals surface area contributed by atoms with Gasteiger partial charge in [-0.25, -0.2) is 0 Å². The Balaban J connectivity index is 1.91. The highest BCUT2D eigenvalue weighted by atomic mass is 32.1. The van der Waals surface area contributed by atoms with E-state index in [1.165, 1.54) is 11.3 Å². The normalized spacial score (nSPS) is 11.4. The third kappa shape index (κ3) is 1.98. The Hall–Kier alpha value is -2.21. The second kappa shape index (κ2) is 4.58. The van der Waals surface area contributed by atoms with E-state index in [9.17, 15) is 0 Å². The molecule has 3 aromatic rings. The number of aromatic nitrogens is 4. The zero-order valence-corrected chi connectivity index (χ0v) is 10.5. The number of nitrogens with zero attached hydrogens (tertiary/aromatic N) is 4. The van der Waals surface area contributed by atoms with Crippen LogP contribution in [-0.4, -0.2) is 26.9 Å². The molecule has 0 spiro atoms. The molecule has 3 rings (SSSR count). The highest BCUT2D eigenvalue weighted by Crippen LogP contribution is 2.21. The predicted octanol–water partition coefficient (Wildman–Crippen LogP) is 2.36. The summed E-state index contributed by atoms with van der Waals surface area (Å²) in [6.07, 6.45) is 5.51. The lowest BCUT2D eigenvalue weighted by Gasteiger charge is -2.02. The van der Waals surface area contributed by atoms with E-state index in [0.717, 1.165) is 21.3 Å². The summed E-state index contributed by atoms with van der Waals surface area (Å²) in [5, 5.41) is 12.9. The molecule has 0 bridgehead atoms. The van der Waals surface area contributed by atoms with E-state index in [4.69, 9.17) is 4.74 Å². The van der Waals surface area contributed by atoms with Crippen molar-refractivity contribution in [3.8, 4) is 5.75 Å². The summed E-state index contributed by atoms with van der Waals surface area (Å²) >= 11 is 1.49. The number of methoxy groups -OCH3 is 1. The first kappa shape index (κ1) is 10.9. The molecular formula is C12H10N4OS. The first-order chi connectivity index (χ1) is 8.86. The first-order valence-corrected chi connectivity index (χ1v) is 6.16. The summed E-state index contributed by atoms with van der Waals surface area (Å²) in [6.45, 7) is 0. The van der Waals surface area contributed by atoms with Gasteiger partial charge in [0.1, 0.15) is 17.1 Å². The minimum atomic E-state index is 0.787. The molecule has 0 atom stereocenters. The summed E-state index contributed by atoms with van der Waals surface area (Å²) in [5.74, 6) is 0.844. The van der Waals surface area contributed by atoms with Crippen molar-refractivity contribution in [3.63, 3.8) is 0 Å². The Morgan fingerprint density at radius 2 is 2.17 bits per heavy atom. The van der Waals surface area contributed by atoms with Crippen molar-refractivity contribution in [2.75, 3.05) is 7.11 Å². The quantitative estimate of drug-likeness (QED) is 0.723. The summed E-state index contributed by atoms with van der Waals surface area (Å²) < 4.78 is 6.94. The van der Waals surface area contributed by atoms with Crippen molar-refractivity contribution >= 4 is 28.4 Å². The lowest BCUT2D eigenvalue weighted by atomic mass is 10.2. The SMILES string of the molecule is COc1ccccc1/C=C\c1nn2cnnc2s1. The molecule has 0 fully saturated rings. The monoisotopic (exact) mass is 258 g/mol. The van der Waals surface area contributed by atoms with Gasteiger partial charge in [-0.3, -0.25) is 0 Å². The molecule has 5 nitrogen and oxygen atoms in total. The van der Waals surface area contributed by atoms with Crippen LogP contribution in [0.3, 0.4) is 0 Å². The van der Waals surface area contributed by atoms with E-state index >= 15 is 0 Å². The average Bonchev–Trinajstić information content (AvgIpc) is 2.97. The van der Waals surface area contributed by atoms with Crippen LogP contribution in [0.4, 0.5) is 0 Å². The van der Waals surface area contributed by atoms with Crippen LogP contribution < -0.4 is 4.74 Å². The maximum atomic E-state index is 5.28. The fourth-order valence-corrected chi connectivity index (χ4v) is 2.33. The van der Waals surface area contributed by atoms with Crippen LogP contribution in [-0.2, 0) is 0 Å². The lowest BCUT2D eigenvalue weighted by molar-refractivity contribution is 0.414. The van der Waals surface area contributed by atoms with Crippen LogP contribution in [0.15, 0.2) is 30.6 Å². The number of hydrogen-bond donors (Lipinski definition) is 0. The number of fused-ring (bicyclic) bond motifs is 1. The molecule has 18 heavy (non-hydrogen) atoms. The molecule has 0 unspecified atom stereocenters. The van der Waals surface area contributed by atoms with Crippen LogP contribution in [0.25, 0.3) is 17.1 Å². The van der Waals surface area contributed by atoms with E-state index in [1.807, 2.05) is 36.4 Å². The van der Waals surface area contributed by atoms with Crippen LogP contribution in [0.2, 0.25) is 0 Å². The van der Waals surface area contributed by atoms with Gasteiger partial charge in [-0.1, -0.05) is 29.5 Å². The van der Waals surface area contributed by atoms with Crippen LogP contribution in [0, 0.1) is 0 Å². The molecule has 0 N–H and O–H groups in total. The molecule has 0 radical (unpaired) electrons. The van der Waals surface area contributed by atoms with Gasteiger partial charge in [-0.2, -0.15) is 9.61 Å². The van der Waals surface area contributed by atoms with E-state index in [2.05, 4.69) is 15.3 Å². The minimum Gasteiger partial charge on any atom is -0.496 e. The molecule has 0 aliphatic carbocycles. The van der Waals surface area contributed by atoms with E-state index < -0.39 is 0 Å². The summed E-state index contributed by atoms with van der Waals surface area (Å²) in [4.78, 5) is 0.787. The lowest BCUT2D eigenvalue weighted by Crippen LogP contribution is -1.85. The maximum Gasteiger partial charge on any atom is 0.234 e. The van der Waals surface area contributed by atoms with Crippen LogP contribution in [0.5, 0.6) is 5.75 Å². The fraction of sp³-hybridized carbons (Fsp3) is 0.0833. The zero-order valence-electron chi connectivity index (χ0n) is 9.65. The molecule has 90 valence electrons. The second-order valence-corrected chi connectivity index (χ2v) is 4.56. The average molecular weight is 258 g/mol. The van der Waals surface area contributed by atoms with Gasteiger partial charge in [0.2, 0.25) is 4.96 Å². The number of para-hydroxylation sites is 1. The Labute approximate surface area is 107 Å². The smallest absolute Gasteiger partial charge is 0.234 e. The van der Waals surface area contributed by atoms with Gasteiger partial charge < -0.3 is 4.74 Å². The zero-order chi connectivity index (χ0) is 12.4. The Morgan fingerprint density at radius 1 is 1.28 bits per heavy atom. The van der Waals surface area contributed by atoms with Crippen molar-refractivity contribution in [1.29, 1.82) is 0 Å². The highest BCUT2D eigenvalue weighted by Gasteiger charge is 2.02. The summed E-state index contributed by atoms with van der Waals surface area (Å²) in [7, 11) is 1.66. The first-order valence-electron chi connectivity index (χ1n) is 5.35. The van der Waals surface area contributed by atoms with E-state index in [1.54, 1.807) is 18.0 Å². The maximum absolute atomic E-state index is 5.28.